The highest BCUT2D eigenvalue weighted by Crippen LogP contribution is 2.22. The molecule has 0 saturated carbocycles. The zero-order valence-electron chi connectivity index (χ0n) is 14.7. The third-order valence-corrected chi connectivity index (χ3v) is 4.16. The minimum Gasteiger partial charge on any atom is -0.261 e. The highest BCUT2D eigenvalue weighted by molar-refractivity contribution is 5.60. The first-order valence-corrected chi connectivity index (χ1v) is 8.58. The number of hydrogen-bond donors (Lipinski definition) is 0. The van der Waals surface area contributed by atoms with Crippen LogP contribution in [0.5, 0.6) is 0 Å². The van der Waals surface area contributed by atoms with Gasteiger partial charge in [-0.2, -0.15) is 5.10 Å². The molecule has 2 heterocycles. The molecular formula is C20H24N4. The molecule has 4 heteroatoms. The van der Waals surface area contributed by atoms with E-state index in [0.29, 0.717) is 6.54 Å². The number of nitrogens with zero attached hydrogens (tertiary/aromatic N) is 4. The van der Waals surface area contributed by atoms with Crippen LogP contribution in [0.15, 0.2) is 42.6 Å². The van der Waals surface area contributed by atoms with Gasteiger partial charge in [-0.1, -0.05) is 43.7 Å². The number of unbranched alkanes of at least 4 members (excludes halogenated alkanes) is 1. The lowest BCUT2D eigenvalue weighted by molar-refractivity contribution is 0.664. The molecular weight excluding hydrogens is 296 g/mol. The maximum atomic E-state index is 4.82. The SMILES string of the molecule is CCCCc1nc(-c2ccccc2C)n(Cc2ccc(C)nc2)n1. The molecule has 0 aliphatic rings. The third-order valence-electron chi connectivity index (χ3n) is 4.16. The summed E-state index contributed by atoms with van der Waals surface area (Å²) in [5.41, 5.74) is 4.53. The van der Waals surface area contributed by atoms with E-state index in [1.807, 2.05) is 23.9 Å². The zero-order valence-corrected chi connectivity index (χ0v) is 14.7. The van der Waals surface area contributed by atoms with Crippen LogP contribution in [0.4, 0.5) is 0 Å². The maximum Gasteiger partial charge on any atom is 0.158 e. The molecule has 0 fully saturated rings. The normalized spacial score (nSPS) is 11.0. The van der Waals surface area contributed by atoms with Gasteiger partial charge in [0.15, 0.2) is 11.6 Å². The van der Waals surface area contributed by atoms with Crippen molar-refractivity contribution in [3.05, 3.63) is 65.2 Å². The second-order valence-corrected chi connectivity index (χ2v) is 6.24. The van der Waals surface area contributed by atoms with Crippen molar-refractivity contribution in [3.8, 4) is 11.4 Å². The molecule has 0 amide bonds. The Labute approximate surface area is 143 Å². The summed E-state index contributed by atoms with van der Waals surface area (Å²) in [6.45, 7) is 7.00. The van der Waals surface area contributed by atoms with Gasteiger partial charge in [0.2, 0.25) is 0 Å². The predicted molar refractivity (Wildman–Crippen MR) is 96.9 cm³/mol. The molecule has 2 aromatic heterocycles. The minimum atomic E-state index is 0.691. The van der Waals surface area contributed by atoms with Crippen molar-refractivity contribution in [2.45, 2.75) is 46.6 Å². The lowest BCUT2D eigenvalue weighted by Crippen LogP contribution is -2.05. The Hall–Kier alpha value is -2.49. The van der Waals surface area contributed by atoms with E-state index in [2.05, 4.69) is 49.2 Å². The van der Waals surface area contributed by atoms with Crippen LogP contribution >= 0.6 is 0 Å². The second-order valence-electron chi connectivity index (χ2n) is 6.24. The average Bonchev–Trinajstić information content (AvgIpc) is 2.98. The van der Waals surface area contributed by atoms with Crippen molar-refractivity contribution >= 4 is 0 Å². The van der Waals surface area contributed by atoms with Crippen LogP contribution in [0.1, 0.15) is 42.4 Å². The number of benzene rings is 1. The Kier molecular flexibility index (Phi) is 5.04. The molecule has 3 rings (SSSR count). The van der Waals surface area contributed by atoms with Crippen LogP contribution < -0.4 is 0 Å². The maximum absolute atomic E-state index is 4.82. The zero-order chi connectivity index (χ0) is 16.9. The van der Waals surface area contributed by atoms with E-state index in [1.54, 1.807) is 0 Å². The number of aryl methyl sites for hydroxylation is 3. The molecule has 0 unspecified atom stereocenters. The van der Waals surface area contributed by atoms with Crippen molar-refractivity contribution in [2.24, 2.45) is 0 Å². The molecule has 4 nitrogen and oxygen atoms in total. The van der Waals surface area contributed by atoms with Gasteiger partial charge in [-0.25, -0.2) is 9.67 Å². The molecule has 0 aliphatic carbocycles. The Morgan fingerprint density at radius 1 is 1.04 bits per heavy atom. The van der Waals surface area contributed by atoms with Gasteiger partial charge < -0.3 is 0 Å². The Morgan fingerprint density at radius 3 is 2.58 bits per heavy atom. The summed E-state index contributed by atoms with van der Waals surface area (Å²) in [7, 11) is 0. The fourth-order valence-corrected chi connectivity index (χ4v) is 2.73. The fourth-order valence-electron chi connectivity index (χ4n) is 2.73. The summed E-state index contributed by atoms with van der Waals surface area (Å²) in [5, 5.41) is 4.76. The summed E-state index contributed by atoms with van der Waals surface area (Å²) < 4.78 is 2.01. The van der Waals surface area contributed by atoms with E-state index in [-0.39, 0.29) is 0 Å². The van der Waals surface area contributed by atoms with Crippen molar-refractivity contribution in [3.63, 3.8) is 0 Å². The van der Waals surface area contributed by atoms with Gasteiger partial charge in [0.05, 0.1) is 6.54 Å². The van der Waals surface area contributed by atoms with Crippen LogP contribution in [0, 0.1) is 13.8 Å². The summed E-state index contributed by atoms with van der Waals surface area (Å²) in [4.78, 5) is 9.21. The summed E-state index contributed by atoms with van der Waals surface area (Å²) in [6, 6.07) is 12.5. The van der Waals surface area contributed by atoms with Crippen LogP contribution in [-0.2, 0) is 13.0 Å². The van der Waals surface area contributed by atoms with Crippen LogP contribution in [0.3, 0.4) is 0 Å². The first-order valence-electron chi connectivity index (χ1n) is 8.58. The van der Waals surface area contributed by atoms with Gasteiger partial charge in [-0.15, -0.1) is 0 Å². The molecule has 0 spiro atoms. The number of rotatable bonds is 6. The monoisotopic (exact) mass is 320 g/mol. The molecule has 1 aromatic carbocycles. The van der Waals surface area contributed by atoms with E-state index in [0.717, 1.165) is 47.7 Å². The summed E-state index contributed by atoms with van der Waals surface area (Å²) in [5.74, 6) is 1.87. The second kappa shape index (κ2) is 7.39. The van der Waals surface area contributed by atoms with Gasteiger partial charge in [-0.3, -0.25) is 4.98 Å². The van der Waals surface area contributed by atoms with Crippen molar-refractivity contribution < 1.29 is 0 Å². The third kappa shape index (κ3) is 3.70. The molecule has 0 radical (unpaired) electrons. The van der Waals surface area contributed by atoms with Gasteiger partial charge >= 0.3 is 0 Å². The smallest absolute Gasteiger partial charge is 0.158 e. The van der Waals surface area contributed by atoms with Gasteiger partial charge in [0.25, 0.3) is 0 Å². The molecule has 24 heavy (non-hydrogen) atoms. The quantitative estimate of drug-likeness (QED) is 0.678. The van der Waals surface area contributed by atoms with Gasteiger partial charge in [0.1, 0.15) is 0 Å². The summed E-state index contributed by atoms with van der Waals surface area (Å²) >= 11 is 0. The lowest BCUT2D eigenvalue weighted by atomic mass is 10.1. The highest BCUT2D eigenvalue weighted by atomic mass is 15.3. The standard InChI is InChI=1S/C20H24N4/c1-4-5-10-19-22-20(18-9-7-6-8-15(18)2)24(23-19)14-17-12-11-16(3)21-13-17/h6-9,11-13H,4-5,10,14H2,1-3H3. The summed E-state index contributed by atoms with van der Waals surface area (Å²) in [6.07, 6.45) is 5.11. The molecule has 0 atom stereocenters. The van der Waals surface area contributed by atoms with E-state index in [4.69, 9.17) is 10.1 Å². The molecule has 0 saturated heterocycles. The van der Waals surface area contributed by atoms with Crippen molar-refractivity contribution in [1.82, 2.24) is 19.7 Å². The van der Waals surface area contributed by atoms with E-state index in [1.165, 1.54) is 5.56 Å². The molecule has 124 valence electrons. The largest absolute Gasteiger partial charge is 0.261 e. The topological polar surface area (TPSA) is 43.6 Å². The van der Waals surface area contributed by atoms with Gasteiger partial charge in [-0.05, 0) is 37.5 Å². The van der Waals surface area contributed by atoms with Crippen LogP contribution in [0.2, 0.25) is 0 Å². The highest BCUT2D eigenvalue weighted by Gasteiger charge is 2.14. The first kappa shape index (κ1) is 16.4. The number of aromatic nitrogens is 4. The number of hydrogen-bond acceptors (Lipinski definition) is 3. The van der Waals surface area contributed by atoms with Gasteiger partial charge in [0, 0.05) is 23.9 Å². The Balaban J connectivity index is 1.98. The lowest BCUT2D eigenvalue weighted by Gasteiger charge is -2.08. The number of pyridine rings is 1. The molecule has 3 aromatic rings. The van der Waals surface area contributed by atoms with E-state index >= 15 is 0 Å². The van der Waals surface area contributed by atoms with E-state index < -0.39 is 0 Å². The first-order chi connectivity index (χ1) is 11.7. The molecule has 0 aliphatic heterocycles. The molecule has 0 bridgehead atoms. The van der Waals surface area contributed by atoms with Crippen molar-refractivity contribution in [1.29, 1.82) is 0 Å². The van der Waals surface area contributed by atoms with Crippen LogP contribution in [0.25, 0.3) is 11.4 Å². The van der Waals surface area contributed by atoms with E-state index in [9.17, 15) is 0 Å². The van der Waals surface area contributed by atoms with Crippen molar-refractivity contribution in [2.75, 3.05) is 0 Å². The minimum absolute atomic E-state index is 0.691. The Morgan fingerprint density at radius 2 is 1.88 bits per heavy atom. The predicted octanol–water partition coefficient (Wildman–Crippen LogP) is 4.35. The molecule has 0 N–H and O–H groups in total. The fraction of sp³-hybridized carbons (Fsp3) is 0.350. The van der Waals surface area contributed by atoms with Crippen LogP contribution in [-0.4, -0.2) is 19.7 Å². The average molecular weight is 320 g/mol. The Bertz CT molecular complexity index is 803.